The lowest BCUT2D eigenvalue weighted by Gasteiger charge is -2.00. The van der Waals surface area contributed by atoms with E-state index in [0.29, 0.717) is 0 Å². The summed E-state index contributed by atoms with van der Waals surface area (Å²) in [5.74, 6) is 0.789. The van der Waals surface area contributed by atoms with E-state index in [0.717, 1.165) is 16.4 Å². The fourth-order valence-electron chi connectivity index (χ4n) is 1.18. The summed E-state index contributed by atoms with van der Waals surface area (Å²) < 4.78 is 0. The molecule has 1 heterocycles. The van der Waals surface area contributed by atoms with Crippen molar-refractivity contribution in [2.75, 3.05) is 6.26 Å². The van der Waals surface area contributed by atoms with Gasteiger partial charge in [-0.3, -0.25) is 0 Å². The Labute approximate surface area is 87.4 Å². The van der Waals surface area contributed by atoms with Gasteiger partial charge in [0.15, 0.2) is 5.82 Å². The van der Waals surface area contributed by atoms with Gasteiger partial charge < -0.3 is 0 Å². The van der Waals surface area contributed by atoms with Crippen molar-refractivity contribution in [1.82, 2.24) is 9.97 Å². The smallest absolute Gasteiger partial charge is 0.160 e. The van der Waals surface area contributed by atoms with Gasteiger partial charge in [0.1, 0.15) is 0 Å². The summed E-state index contributed by atoms with van der Waals surface area (Å²) in [6.45, 7) is 0. The van der Waals surface area contributed by atoms with Crippen LogP contribution in [0.1, 0.15) is 0 Å². The first-order valence-corrected chi connectivity index (χ1v) is 5.55. The SMILES string of the molecule is CSc1ccnc(-c2ccccc2)n1. The Kier molecular flexibility index (Phi) is 2.79. The Balaban J connectivity index is 2.42. The van der Waals surface area contributed by atoms with Gasteiger partial charge in [0.25, 0.3) is 0 Å². The number of hydrogen-bond donors (Lipinski definition) is 0. The molecule has 14 heavy (non-hydrogen) atoms. The van der Waals surface area contributed by atoms with Crippen LogP contribution in [0.15, 0.2) is 47.6 Å². The molecule has 0 aliphatic carbocycles. The molecule has 0 fully saturated rings. The number of aromatic nitrogens is 2. The number of rotatable bonds is 2. The van der Waals surface area contributed by atoms with Crippen LogP contribution in [0.5, 0.6) is 0 Å². The standard InChI is InChI=1S/C11H10N2S/c1-14-10-7-8-12-11(13-10)9-5-3-2-4-6-9/h2-8H,1H3. The zero-order chi connectivity index (χ0) is 9.80. The van der Waals surface area contributed by atoms with Gasteiger partial charge in [0, 0.05) is 11.8 Å². The first kappa shape index (κ1) is 9.21. The fourth-order valence-corrected chi connectivity index (χ4v) is 1.56. The lowest BCUT2D eigenvalue weighted by Crippen LogP contribution is -1.88. The van der Waals surface area contributed by atoms with Gasteiger partial charge in [-0.15, -0.1) is 11.8 Å². The second-order valence-corrected chi connectivity index (χ2v) is 3.62. The van der Waals surface area contributed by atoms with E-state index in [4.69, 9.17) is 0 Å². The maximum absolute atomic E-state index is 4.41. The summed E-state index contributed by atoms with van der Waals surface area (Å²) in [7, 11) is 0. The molecule has 0 aliphatic heterocycles. The summed E-state index contributed by atoms with van der Waals surface area (Å²) in [6, 6.07) is 11.9. The van der Waals surface area contributed by atoms with Crippen molar-refractivity contribution in [1.29, 1.82) is 0 Å². The summed E-state index contributed by atoms with van der Waals surface area (Å²) in [4.78, 5) is 8.65. The summed E-state index contributed by atoms with van der Waals surface area (Å²) in [6.07, 6.45) is 3.80. The van der Waals surface area contributed by atoms with E-state index in [9.17, 15) is 0 Å². The molecule has 0 N–H and O–H groups in total. The van der Waals surface area contributed by atoms with Crippen LogP contribution in [0.2, 0.25) is 0 Å². The fraction of sp³-hybridized carbons (Fsp3) is 0.0909. The lowest BCUT2D eigenvalue weighted by atomic mass is 10.2. The number of nitrogens with zero attached hydrogens (tertiary/aromatic N) is 2. The summed E-state index contributed by atoms with van der Waals surface area (Å²) in [5, 5.41) is 0.999. The van der Waals surface area contributed by atoms with Crippen molar-refractivity contribution in [2.45, 2.75) is 5.03 Å². The van der Waals surface area contributed by atoms with Gasteiger partial charge in [0.05, 0.1) is 5.03 Å². The van der Waals surface area contributed by atoms with Crippen LogP contribution < -0.4 is 0 Å². The monoisotopic (exact) mass is 202 g/mol. The first-order valence-electron chi connectivity index (χ1n) is 4.32. The highest BCUT2D eigenvalue weighted by atomic mass is 32.2. The topological polar surface area (TPSA) is 25.8 Å². The van der Waals surface area contributed by atoms with Gasteiger partial charge >= 0.3 is 0 Å². The Hall–Kier alpha value is -1.35. The molecule has 2 nitrogen and oxygen atoms in total. The second-order valence-electron chi connectivity index (χ2n) is 2.79. The molecule has 0 radical (unpaired) electrons. The van der Waals surface area contributed by atoms with E-state index in [2.05, 4.69) is 9.97 Å². The van der Waals surface area contributed by atoms with Crippen LogP contribution in [0.25, 0.3) is 11.4 Å². The van der Waals surface area contributed by atoms with Crippen molar-refractivity contribution in [3.63, 3.8) is 0 Å². The van der Waals surface area contributed by atoms with E-state index >= 15 is 0 Å². The predicted octanol–water partition coefficient (Wildman–Crippen LogP) is 2.87. The van der Waals surface area contributed by atoms with Crippen LogP contribution in [0.3, 0.4) is 0 Å². The van der Waals surface area contributed by atoms with Crippen LogP contribution >= 0.6 is 11.8 Å². The van der Waals surface area contributed by atoms with Crippen molar-refractivity contribution < 1.29 is 0 Å². The molecule has 0 saturated carbocycles. The minimum atomic E-state index is 0.789. The Morgan fingerprint density at radius 2 is 1.86 bits per heavy atom. The second kappa shape index (κ2) is 4.24. The van der Waals surface area contributed by atoms with Gasteiger partial charge in [-0.2, -0.15) is 0 Å². The van der Waals surface area contributed by atoms with Gasteiger partial charge in [0.2, 0.25) is 0 Å². The number of thioether (sulfide) groups is 1. The van der Waals surface area contributed by atoms with Crippen molar-refractivity contribution in [3.05, 3.63) is 42.6 Å². The minimum Gasteiger partial charge on any atom is -0.237 e. The summed E-state index contributed by atoms with van der Waals surface area (Å²) >= 11 is 1.63. The van der Waals surface area contributed by atoms with Crippen LogP contribution in [0, 0.1) is 0 Å². The van der Waals surface area contributed by atoms with Gasteiger partial charge in [-0.05, 0) is 12.3 Å². The van der Waals surface area contributed by atoms with Crippen molar-refractivity contribution in [2.24, 2.45) is 0 Å². The average Bonchev–Trinajstić information content (AvgIpc) is 2.30. The largest absolute Gasteiger partial charge is 0.237 e. The van der Waals surface area contributed by atoms with Crippen LogP contribution in [-0.4, -0.2) is 16.2 Å². The Morgan fingerprint density at radius 1 is 1.07 bits per heavy atom. The highest BCUT2D eigenvalue weighted by Crippen LogP contribution is 2.17. The third-order valence-electron chi connectivity index (χ3n) is 1.87. The van der Waals surface area contributed by atoms with E-state index in [1.165, 1.54) is 0 Å². The third kappa shape index (κ3) is 1.93. The van der Waals surface area contributed by atoms with Crippen LogP contribution in [0.4, 0.5) is 0 Å². The molecule has 2 rings (SSSR count). The third-order valence-corrected chi connectivity index (χ3v) is 2.52. The first-order chi connectivity index (χ1) is 6.90. The molecule has 0 atom stereocenters. The minimum absolute atomic E-state index is 0.789. The Morgan fingerprint density at radius 3 is 2.57 bits per heavy atom. The highest BCUT2D eigenvalue weighted by Gasteiger charge is 2.00. The molecule has 0 amide bonds. The molecule has 2 aromatic rings. The molecule has 3 heteroatoms. The van der Waals surface area contributed by atoms with E-state index in [1.807, 2.05) is 42.7 Å². The lowest BCUT2D eigenvalue weighted by molar-refractivity contribution is 1.06. The molecular weight excluding hydrogens is 192 g/mol. The van der Waals surface area contributed by atoms with Crippen LogP contribution in [-0.2, 0) is 0 Å². The molecule has 0 unspecified atom stereocenters. The quantitative estimate of drug-likeness (QED) is 0.553. The van der Waals surface area contributed by atoms with Gasteiger partial charge in [-0.1, -0.05) is 30.3 Å². The maximum Gasteiger partial charge on any atom is 0.160 e. The van der Waals surface area contributed by atoms with Crippen molar-refractivity contribution in [3.8, 4) is 11.4 Å². The molecule has 0 saturated heterocycles. The van der Waals surface area contributed by atoms with E-state index in [1.54, 1.807) is 18.0 Å². The zero-order valence-corrected chi connectivity index (χ0v) is 8.66. The zero-order valence-electron chi connectivity index (χ0n) is 7.84. The molecule has 1 aromatic carbocycles. The highest BCUT2D eigenvalue weighted by molar-refractivity contribution is 7.98. The molecule has 0 spiro atoms. The molecule has 0 aliphatic rings. The van der Waals surface area contributed by atoms with E-state index in [-0.39, 0.29) is 0 Å². The number of hydrogen-bond acceptors (Lipinski definition) is 3. The molecule has 70 valence electrons. The average molecular weight is 202 g/mol. The molecular formula is C11H10N2S. The predicted molar refractivity (Wildman–Crippen MR) is 59.2 cm³/mol. The maximum atomic E-state index is 4.41. The normalized spacial score (nSPS) is 10.1. The molecule has 0 bridgehead atoms. The van der Waals surface area contributed by atoms with Gasteiger partial charge in [-0.25, -0.2) is 9.97 Å². The van der Waals surface area contributed by atoms with Crippen molar-refractivity contribution >= 4 is 11.8 Å². The Bertz CT molecular complexity index is 415. The van der Waals surface area contributed by atoms with E-state index < -0.39 is 0 Å². The molecule has 1 aromatic heterocycles. The summed E-state index contributed by atoms with van der Waals surface area (Å²) in [5.41, 5.74) is 1.06. The number of benzene rings is 1.